The van der Waals surface area contributed by atoms with E-state index in [-0.39, 0.29) is 11.6 Å². The summed E-state index contributed by atoms with van der Waals surface area (Å²) in [5, 5.41) is 21.9. The molecule has 0 aliphatic carbocycles. The van der Waals surface area contributed by atoms with E-state index in [9.17, 15) is 9.90 Å². The summed E-state index contributed by atoms with van der Waals surface area (Å²) in [6.45, 7) is 5.15. The largest absolute Gasteiger partial charge is 0.477 e. The summed E-state index contributed by atoms with van der Waals surface area (Å²) in [6, 6.07) is 11.4. The van der Waals surface area contributed by atoms with Gasteiger partial charge < -0.3 is 15.2 Å². The molecule has 0 aliphatic rings. The van der Waals surface area contributed by atoms with Gasteiger partial charge in [-0.2, -0.15) is 5.26 Å². The third-order valence-corrected chi connectivity index (χ3v) is 4.19. The van der Waals surface area contributed by atoms with Gasteiger partial charge in [0.15, 0.2) is 5.57 Å². The number of hydrogen-bond acceptors (Lipinski definition) is 5. The van der Waals surface area contributed by atoms with E-state index in [4.69, 9.17) is 10.00 Å². The molecule has 124 valence electrons. The first-order valence-electron chi connectivity index (χ1n) is 7.49. The van der Waals surface area contributed by atoms with Gasteiger partial charge in [-0.25, -0.2) is 4.79 Å². The van der Waals surface area contributed by atoms with Crippen LogP contribution in [0.25, 0.3) is 0 Å². The maximum atomic E-state index is 11.3. The van der Waals surface area contributed by atoms with E-state index < -0.39 is 5.97 Å². The number of carboxylic acids is 1. The molecule has 0 aromatic heterocycles. The second-order valence-corrected chi connectivity index (χ2v) is 5.90. The Morgan fingerprint density at radius 1 is 1.43 bits per heavy atom. The minimum atomic E-state index is -1.22. The van der Waals surface area contributed by atoms with Gasteiger partial charge in [0.05, 0.1) is 5.03 Å². The topological polar surface area (TPSA) is 82.3 Å². The highest BCUT2D eigenvalue weighted by molar-refractivity contribution is 8.03. The quantitative estimate of drug-likeness (QED) is 0.388. The molecule has 0 amide bonds. The minimum absolute atomic E-state index is 0.0895. The molecular weight excluding hydrogens is 312 g/mol. The lowest BCUT2D eigenvalue weighted by Gasteiger charge is -2.18. The first kappa shape index (κ1) is 19.1. The monoisotopic (exact) mass is 334 g/mol. The van der Waals surface area contributed by atoms with Gasteiger partial charge in [0, 0.05) is 25.0 Å². The Bertz CT molecular complexity index is 567. The normalized spacial score (nSPS) is 12.9. The first-order chi connectivity index (χ1) is 11.1. The zero-order chi connectivity index (χ0) is 17.1. The summed E-state index contributed by atoms with van der Waals surface area (Å²) in [4.78, 5) is 11.3. The zero-order valence-electron chi connectivity index (χ0n) is 13.4. The van der Waals surface area contributed by atoms with Gasteiger partial charge in [-0.15, -0.1) is 11.8 Å². The molecule has 23 heavy (non-hydrogen) atoms. The van der Waals surface area contributed by atoms with Crippen molar-refractivity contribution in [2.45, 2.75) is 26.3 Å². The second kappa shape index (κ2) is 10.7. The SMILES string of the molecule is CCOCCCSC(NC(C)c1ccccc1)=C(C#N)C(=O)O. The number of benzene rings is 1. The first-order valence-corrected chi connectivity index (χ1v) is 8.48. The average molecular weight is 334 g/mol. The van der Waals surface area contributed by atoms with Crippen molar-refractivity contribution in [3.8, 4) is 6.07 Å². The summed E-state index contributed by atoms with van der Waals surface area (Å²) in [6.07, 6.45) is 0.793. The number of nitrogens with zero attached hydrogens (tertiary/aromatic N) is 1. The van der Waals surface area contributed by atoms with Crippen molar-refractivity contribution in [2.75, 3.05) is 19.0 Å². The second-order valence-electron chi connectivity index (χ2n) is 4.80. The predicted octanol–water partition coefficient (Wildman–Crippen LogP) is 3.32. The van der Waals surface area contributed by atoms with Crippen LogP contribution in [0, 0.1) is 11.3 Å². The van der Waals surface area contributed by atoms with E-state index >= 15 is 0 Å². The van der Waals surface area contributed by atoms with Crippen molar-refractivity contribution in [2.24, 2.45) is 0 Å². The molecule has 1 aromatic rings. The van der Waals surface area contributed by atoms with Gasteiger partial charge in [0.2, 0.25) is 0 Å². The molecule has 2 N–H and O–H groups in total. The maximum Gasteiger partial charge on any atom is 0.349 e. The fourth-order valence-electron chi connectivity index (χ4n) is 1.88. The standard InChI is InChI=1S/C17H22N2O3S/c1-3-22-10-7-11-23-16(15(12-18)17(20)21)19-13(2)14-8-5-4-6-9-14/h4-6,8-9,13,19H,3,7,10-11H2,1-2H3,(H,20,21). The van der Waals surface area contributed by atoms with Crippen LogP contribution in [0.2, 0.25) is 0 Å². The lowest BCUT2D eigenvalue weighted by molar-refractivity contribution is -0.132. The molecular formula is C17H22N2O3S. The fraction of sp³-hybridized carbons (Fsp3) is 0.412. The van der Waals surface area contributed by atoms with Crippen molar-refractivity contribution >= 4 is 17.7 Å². The van der Waals surface area contributed by atoms with E-state index in [2.05, 4.69) is 5.32 Å². The Labute approximate surface area is 141 Å². The maximum absolute atomic E-state index is 11.3. The summed E-state index contributed by atoms with van der Waals surface area (Å²) in [7, 11) is 0. The number of ether oxygens (including phenoxy) is 1. The van der Waals surface area contributed by atoms with Crippen LogP contribution in [-0.4, -0.2) is 30.0 Å². The molecule has 0 saturated carbocycles. The summed E-state index contributed by atoms with van der Waals surface area (Å²) in [5.41, 5.74) is 0.775. The van der Waals surface area contributed by atoms with Crippen LogP contribution in [0.5, 0.6) is 0 Å². The number of rotatable bonds is 10. The number of nitriles is 1. The minimum Gasteiger partial charge on any atom is -0.477 e. The van der Waals surface area contributed by atoms with Gasteiger partial charge in [-0.3, -0.25) is 0 Å². The van der Waals surface area contributed by atoms with Crippen LogP contribution in [0.15, 0.2) is 40.9 Å². The Hall–Kier alpha value is -1.97. The molecule has 5 nitrogen and oxygen atoms in total. The van der Waals surface area contributed by atoms with Gasteiger partial charge in [0.25, 0.3) is 0 Å². The zero-order valence-corrected chi connectivity index (χ0v) is 14.2. The Morgan fingerprint density at radius 2 is 2.13 bits per heavy atom. The molecule has 0 fully saturated rings. The van der Waals surface area contributed by atoms with E-state index in [1.54, 1.807) is 6.07 Å². The Balaban J connectivity index is 2.80. The Kier molecular flexibility index (Phi) is 8.88. The number of carbonyl (C=O) groups is 1. The number of hydrogen-bond donors (Lipinski definition) is 2. The van der Waals surface area contributed by atoms with Crippen molar-refractivity contribution in [3.05, 3.63) is 46.5 Å². The van der Waals surface area contributed by atoms with Crippen molar-refractivity contribution in [3.63, 3.8) is 0 Å². The van der Waals surface area contributed by atoms with Crippen LogP contribution in [0.1, 0.15) is 31.9 Å². The van der Waals surface area contributed by atoms with E-state index in [0.29, 0.717) is 24.0 Å². The van der Waals surface area contributed by atoms with Crippen molar-refractivity contribution in [1.29, 1.82) is 5.26 Å². The van der Waals surface area contributed by atoms with Gasteiger partial charge in [-0.1, -0.05) is 30.3 Å². The highest BCUT2D eigenvalue weighted by Gasteiger charge is 2.17. The van der Waals surface area contributed by atoms with Crippen LogP contribution in [-0.2, 0) is 9.53 Å². The van der Waals surface area contributed by atoms with Crippen LogP contribution < -0.4 is 5.32 Å². The van der Waals surface area contributed by atoms with Gasteiger partial charge in [0.1, 0.15) is 6.07 Å². The lowest BCUT2D eigenvalue weighted by Crippen LogP contribution is -2.20. The van der Waals surface area contributed by atoms with Crippen molar-refractivity contribution < 1.29 is 14.6 Å². The molecule has 0 bridgehead atoms. The number of thioether (sulfide) groups is 1. The molecule has 1 unspecified atom stereocenters. The molecule has 0 aliphatic heterocycles. The summed E-state index contributed by atoms with van der Waals surface area (Å²) < 4.78 is 5.27. The molecule has 6 heteroatoms. The number of aliphatic carboxylic acids is 1. The molecule has 0 radical (unpaired) electrons. The van der Waals surface area contributed by atoms with Crippen LogP contribution in [0.3, 0.4) is 0 Å². The molecule has 1 rings (SSSR count). The van der Waals surface area contributed by atoms with Crippen LogP contribution >= 0.6 is 11.8 Å². The number of carboxylic acid groups (broad SMARTS) is 1. The fourth-order valence-corrected chi connectivity index (χ4v) is 2.89. The Morgan fingerprint density at radius 3 is 2.70 bits per heavy atom. The van der Waals surface area contributed by atoms with E-state index in [1.165, 1.54) is 11.8 Å². The van der Waals surface area contributed by atoms with Crippen LogP contribution in [0.4, 0.5) is 0 Å². The lowest BCUT2D eigenvalue weighted by atomic mass is 10.1. The average Bonchev–Trinajstić information content (AvgIpc) is 2.55. The third-order valence-electron chi connectivity index (χ3n) is 3.08. The molecule has 0 saturated heterocycles. The molecule has 0 spiro atoms. The molecule has 1 atom stereocenters. The van der Waals surface area contributed by atoms with Crippen molar-refractivity contribution in [1.82, 2.24) is 5.32 Å². The number of nitrogens with one attached hydrogen (secondary N) is 1. The van der Waals surface area contributed by atoms with Gasteiger partial charge in [-0.05, 0) is 25.8 Å². The van der Waals surface area contributed by atoms with E-state index in [1.807, 2.05) is 44.2 Å². The molecule has 0 heterocycles. The third kappa shape index (κ3) is 6.76. The highest BCUT2D eigenvalue weighted by atomic mass is 32.2. The molecule has 1 aromatic carbocycles. The van der Waals surface area contributed by atoms with E-state index in [0.717, 1.165) is 12.0 Å². The highest BCUT2D eigenvalue weighted by Crippen LogP contribution is 2.23. The summed E-state index contributed by atoms with van der Waals surface area (Å²) in [5.74, 6) is -0.532. The smallest absolute Gasteiger partial charge is 0.349 e. The summed E-state index contributed by atoms with van der Waals surface area (Å²) >= 11 is 1.34. The van der Waals surface area contributed by atoms with Gasteiger partial charge >= 0.3 is 5.97 Å². The predicted molar refractivity (Wildman–Crippen MR) is 91.8 cm³/mol.